The topological polar surface area (TPSA) is 43.6 Å². The van der Waals surface area contributed by atoms with Gasteiger partial charge in [-0.3, -0.25) is 9.36 Å². The lowest BCUT2D eigenvalue weighted by Gasteiger charge is -2.30. The second-order valence-electron chi connectivity index (χ2n) is 10.1. The van der Waals surface area contributed by atoms with Gasteiger partial charge in [-0.1, -0.05) is 100 Å². The Hall–Kier alpha value is -3.52. The zero-order valence-electron chi connectivity index (χ0n) is 21.9. The number of ether oxygens (including phenoxy) is 1. The van der Waals surface area contributed by atoms with Crippen LogP contribution < -0.4 is 19.6 Å². The Labute approximate surface area is 258 Å². The van der Waals surface area contributed by atoms with Gasteiger partial charge in [0.1, 0.15) is 12.4 Å². The van der Waals surface area contributed by atoms with Crippen molar-refractivity contribution in [3.63, 3.8) is 0 Å². The third-order valence-electron chi connectivity index (χ3n) is 7.55. The van der Waals surface area contributed by atoms with Crippen LogP contribution in [0.15, 0.2) is 121 Å². The molecule has 1 aliphatic heterocycles. The van der Waals surface area contributed by atoms with Crippen molar-refractivity contribution in [2.24, 2.45) is 4.99 Å². The Morgan fingerprint density at radius 3 is 2.51 bits per heavy atom. The zero-order valence-corrected chi connectivity index (χ0v) is 25.9. The van der Waals surface area contributed by atoms with Crippen LogP contribution in [0.25, 0.3) is 11.8 Å². The zero-order chi connectivity index (χ0) is 27.9. The van der Waals surface area contributed by atoms with Crippen molar-refractivity contribution in [1.82, 2.24) is 4.57 Å². The third-order valence-corrected chi connectivity index (χ3v) is 9.68. The number of allylic oxidation sites excluding steroid dienone is 1. The van der Waals surface area contributed by atoms with E-state index in [0.29, 0.717) is 11.1 Å². The number of aromatic nitrogens is 1. The molecule has 0 N–H and O–H groups in total. The first-order chi connectivity index (χ1) is 20.0. The van der Waals surface area contributed by atoms with Crippen LogP contribution >= 0.6 is 43.2 Å². The highest BCUT2D eigenvalue weighted by Crippen LogP contribution is 2.41. The molecule has 0 radical (unpaired) electrons. The van der Waals surface area contributed by atoms with Crippen molar-refractivity contribution in [1.29, 1.82) is 0 Å². The highest BCUT2D eigenvalue weighted by atomic mass is 79.9. The number of fused-ring (bicyclic) bond motifs is 3. The number of halogens is 2. The Bertz CT molecular complexity index is 1990. The Morgan fingerprint density at radius 1 is 0.927 bits per heavy atom. The fourth-order valence-corrected chi connectivity index (χ4v) is 7.35. The van der Waals surface area contributed by atoms with Gasteiger partial charge >= 0.3 is 0 Å². The van der Waals surface area contributed by atoms with Gasteiger partial charge < -0.3 is 4.74 Å². The van der Waals surface area contributed by atoms with Crippen LogP contribution in [0.3, 0.4) is 0 Å². The number of aryl methyl sites for hydroxylation is 1. The van der Waals surface area contributed by atoms with E-state index < -0.39 is 0 Å². The van der Waals surface area contributed by atoms with Gasteiger partial charge in [0.15, 0.2) is 4.80 Å². The number of thiazole rings is 1. The molecule has 2 aliphatic rings. The minimum Gasteiger partial charge on any atom is -0.488 e. The quantitative estimate of drug-likeness (QED) is 0.194. The van der Waals surface area contributed by atoms with Crippen LogP contribution in [0.4, 0.5) is 0 Å². The van der Waals surface area contributed by atoms with Gasteiger partial charge in [-0.15, -0.1) is 0 Å². The maximum Gasteiger partial charge on any atom is 0.271 e. The van der Waals surface area contributed by atoms with Gasteiger partial charge in [0.05, 0.1) is 20.7 Å². The lowest BCUT2D eigenvalue weighted by Crippen LogP contribution is -2.38. The van der Waals surface area contributed by atoms with Gasteiger partial charge in [-0.2, -0.15) is 0 Å². The predicted octanol–water partition coefficient (Wildman–Crippen LogP) is 7.42. The summed E-state index contributed by atoms with van der Waals surface area (Å²) in [6, 6.07) is 32.6. The summed E-state index contributed by atoms with van der Waals surface area (Å²) in [5.74, 6) is 0.758. The number of benzene rings is 4. The molecule has 0 fully saturated rings. The van der Waals surface area contributed by atoms with E-state index in [2.05, 4.69) is 68.3 Å². The summed E-state index contributed by atoms with van der Waals surface area (Å²) in [6.07, 6.45) is 3.76. The molecule has 0 saturated heterocycles. The standard InChI is InChI=1S/C34H24Br2N2O2S/c35-25-14-11-24(12-15-25)32-27-16-13-23-8-4-5-9-26(23)31(27)37-34-38(32)33(39)30(41-34)19-22-10-17-29(28(36)18-22)40-20-21-6-2-1-3-7-21/h1-12,14-15,17-19,32H,13,16,20H2/b30-19+/t32-/m1/s1. The van der Waals surface area contributed by atoms with Gasteiger partial charge in [-0.25, -0.2) is 4.99 Å². The summed E-state index contributed by atoms with van der Waals surface area (Å²) in [7, 11) is 0. The second kappa shape index (κ2) is 11.0. The normalized spacial score (nSPS) is 16.0. The van der Waals surface area contributed by atoms with Gasteiger partial charge in [0, 0.05) is 10.0 Å². The SMILES string of the molecule is O=c1/c(=C\c2ccc(OCc3ccccc3)c(Br)c2)sc2n1[C@H](c1ccc(Br)cc1)C1=C(N=2)c2ccccc2CC1. The van der Waals surface area contributed by atoms with E-state index in [1.165, 1.54) is 28.0 Å². The monoisotopic (exact) mass is 682 g/mol. The average Bonchev–Trinajstić information content (AvgIpc) is 3.30. The Balaban J connectivity index is 1.31. The van der Waals surface area contributed by atoms with Crippen LogP contribution in [0.5, 0.6) is 5.75 Å². The molecule has 202 valence electrons. The summed E-state index contributed by atoms with van der Waals surface area (Å²) in [5.41, 5.74) is 7.78. The average molecular weight is 684 g/mol. The van der Waals surface area contributed by atoms with Crippen molar-refractivity contribution in [3.05, 3.63) is 159 Å². The minimum absolute atomic E-state index is 0.0207. The molecule has 7 heteroatoms. The Morgan fingerprint density at radius 2 is 1.71 bits per heavy atom. The van der Waals surface area contributed by atoms with Gasteiger partial charge in [-0.05, 0) is 86.9 Å². The predicted molar refractivity (Wildman–Crippen MR) is 172 cm³/mol. The smallest absolute Gasteiger partial charge is 0.271 e. The molecule has 4 nitrogen and oxygen atoms in total. The number of hydrogen-bond donors (Lipinski definition) is 0. The van der Waals surface area contributed by atoms with Gasteiger partial charge in [0.25, 0.3) is 5.56 Å². The third kappa shape index (κ3) is 5.07. The summed E-state index contributed by atoms with van der Waals surface area (Å²) >= 11 is 8.67. The van der Waals surface area contributed by atoms with Crippen molar-refractivity contribution in [2.75, 3.05) is 0 Å². The second-order valence-corrected chi connectivity index (χ2v) is 12.9. The molecule has 2 heterocycles. The Kier molecular flexibility index (Phi) is 7.11. The van der Waals surface area contributed by atoms with Gasteiger partial charge in [0.2, 0.25) is 0 Å². The summed E-state index contributed by atoms with van der Waals surface area (Å²) in [5, 5.41) is 0. The van der Waals surface area contributed by atoms with E-state index in [1.807, 2.05) is 71.3 Å². The van der Waals surface area contributed by atoms with E-state index in [4.69, 9.17) is 9.73 Å². The van der Waals surface area contributed by atoms with E-state index in [9.17, 15) is 4.79 Å². The molecule has 1 aliphatic carbocycles. The van der Waals surface area contributed by atoms with Crippen molar-refractivity contribution >= 4 is 55.0 Å². The van der Waals surface area contributed by atoms with Crippen LogP contribution in [-0.4, -0.2) is 4.57 Å². The molecule has 0 spiro atoms. The van der Waals surface area contributed by atoms with Crippen molar-refractivity contribution in [2.45, 2.75) is 25.5 Å². The fourth-order valence-electron chi connectivity index (χ4n) is 5.58. The summed E-state index contributed by atoms with van der Waals surface area (Å²) in [4.78, 5) is 19.9. The summed E-state index contributed by atoms with van der Waals surface area (Å²) < 4.78 is 10.4. The molecule has 0 bridgehead atoms. The maximum absolute atomic E-state index is 14.0. The first-order valence-corrected chi connectivity index (χ1v) is 15.8. The summed E-state index contributed by atoms with van der Waals surface area (Å²) in [6.45, 7) is 0.487. The molecule has 7 rings (SSSR count). The molecule has 0 saturated carbocycles. The molecule has 0 amide bonds. The molecule has 1 aromatic heterocycles. The molecule has 1 atom stereocenters. The van der Waals surface area contributed by atoms with E-state index in [-0.39, 0.29) is 11.6 Å². The lowest BCUT2D eigenvalue weighted by atomic mass is 9.83. The molecular weight excluding hydrogens is 660 g/mol. The van der Waals surface area contributed by atoms with Crippen molar-refractivity contribution < 1.29 is 4.74 Å². The number of hydrogen-bond acceptors (Lipinski definition) is 4. The molecule has 4 aromatic carbocycles. The molecular formula is C34H24Br2N2O2S. The lowest BCUT2D eigenvalue weighted by molar-refractivity contribution is 0.304. The first kappa shape index (κ1) is 26.4. The molecule has 0 unspecified atom stereocenters. The van der Waals surface area contributed by atoms with Crippen LogP contribution in [0.1, 0.15) is 40.3 Å². The van der Waals surface area contributed by atoms with E-state index >= 15 is 0 Å². The molecule has 5 aromatic rings. The van der Waals surface area contributed by atoms with Crippen LogP contribution in [-0.2, 0) is 13.0 Å². The maximum atomic E-state index is 14.0. The van der Waals surface area contributed by atoms with Crippen molar-refractivity contribution in [3.8, 4) is 5.75 Å². The molecule has 41 heavy (non-hydrogen) atoms. The first-order valence-electron chi connectivity index (χ1n) is 13.4. The number of rotatable bonds is 5. The van der Waals surface area contributed by atoms with E-state index in [1.54, 1.807) is 0 Å². The minimum atomic E-state index is -0.189. The van der Waals surface area contributed by atoms with Crippen LogP contribution in [0.2, 0.25) is 0 Å². The van der Waals surface area contributed by atoms with Crippen LogP contribution in [0, 0.1) is 0 Å². The fraction of sp³-hybridized carbons (Fsp3) is 0.118. The highest BCUT2D eigenvalue weighted by Gasteiger charge is 2.32. The highest BCUT2D eigenvalue weighted by molar-refractivity contribution is 9.10. The largest absolute Gasteiger partial charge is 0.488 e. The number of nitrogens with zero attached hydrogens (tertiary/aromatic N) is 2. The van der Waals surface area contributed by atoms with E-state index in [0.717, 1.165) is 54.7 Å².